The number of alkyl halides is 4. The van der Waals surface area contributed by atoms with E-state index in [2.05, 4.69) is 4.72 Å². The van der Waals surface area contributed by atoms with Crippen LogP contribution >= 0.6 is 11.6 Å². The third kappa shape index (κ3) is 5.68. The number of rotatable bonds is 7. The summed E-state index contributed by atoms with van der Waals surface area (Å²) in [5, 5.41) is 0. The Balaban J connectivity index is 2.71. The highest BCUT2D eigenvalue weighted by Gasteiger charge is 2.32. The first kappa shape index (κ1) is 17.3. The number of unbranched alkanes of at least 4 members (excludes halogenated alkanes) is 1. The second-order valence-electron chi connectivity index (χ2n) is 4.19. The fraction of sp³-hybridized carbons (Fsp3) is 0.500. The highest BCUT2D eigenvalue weighted by Crippen LogP contribution is 2.31. The monoisotopic (exact) mass is 329 g/mol. The predicted molar refractivity (Wildman–Crippen MR) is 72.0 cm³/mol. The molecular weight excluding hydrogens is 315 g/mol. The largest absolute Gasteiger partial charge is 0.416 e. The van der Waals surface area contributed by atoms with Gasteiger partial charge in [0.05, 0.1) is 11.3 Å². The van der Waals surface area contributed by atoms with E-state index in [-0.39, 0.29) is 17.9 Å². The number of hydrogen-bond acceptors (Lipinski definition) is 2. The van der Waals surface area contributed by atoms with Gasteiger partial charge in [0, 0.05) is 12.4 Å². The van der Waals surface area contributed by atoms with Gasteiger partial charge < -0.3 is 0 Å². The lowest BCUT2D eigenvalue weighted by Gasteiger charge is -2.13. The minimum atomic E-state index is -4.50. The summed E-state index contributed by atoms with van der Waals surface area (Å²) in [6.45, 7) is -0.376. The molecule has 1 aromatic rings. The summed E-state index contributed by atoms with van der Waals surface area (Å²) in [5.74, 6) is 0.209. The molecule has 0 unspecified atom stereocenters. The van der Waals surface area contributed by atoms with Crippen LogP contribution in [0.4, 0.5) is 13.2 Å². The van der Waals surface area contributed by atoms with E-state index in [9.17, 15) is 21.6 Å². The highest BCUT2D eigenvalue weighted by atomic mass is 35.5. The minimum Gasteiger partial charge on any atom is -0.212 e. The molecule has 8 heteroatoms. The average molecular weight is 330 g/mol. The molecule has 1 N–H and O–H groups in total. The van der Waals surface area contributed by atoms with Crippen molar-refractivity contribution in [2.45, 2.75) is 25.6 Å². The van der Waals surface area contributed by atoms with Crippen molar-refractivity contribution in [2.75, 3.05) is 11.6 Å². The Morgan fingerprint density at radius 3 is 2.40 bits per heavy atom. The maximum absolute atomic E-state index is 12.7. The standard InChI is InChI=1S/C12H15ClF3NO2S/c13-7-3-4-8-20(18,19)17-9-10-5-1-2-6-11(10)12(14,15)16/h1-2,5-6,17H,3-4,7-9H2. The van der Waals surface area contributed by atoms with Gasteiger partial charge in [-0.3, -0.25) is 0 Å². The maximum Gasteiger partial charge on any atom is 0.416 e. The van der Waals surface area contributed by atoms with E-state index in [0.717, 1.165) is 6.07 Å². The van der Waals surface area contributed by atoms with Crippen LogP contribution in [0.3, 0.4) is 0 Å². The lowest BCUT2D eigenvalue weighted by atomic mass is 10.1. The molecule has 1 rings (SSSR count). The number of halogens is 4. The van der Waals surface area contributed by atoms with E-state index in [1.54, 1.807) is 0 Å². The van der Waals surface area contributed by atoms with Crippen molar-refractivity contribution in [3.63, 3.8) is 0 Å². The van der Waals surface area contributed by atoms with Crippen LogP contribution in [0.25, 0.3) is 0 Å². The number of hydrogen-bond donors (Lipinski definition) is 1. The van der Waals surface area contributed by atoms with E-state index in [1.807, 2.05) is 0 Å². The lowest BCUT2D eigenvalue weighted by molar-refractivity contribution is -0.138. The Kier molecular flexibility index (Phi) is 6.29. The summed E-state index contributed by atoms with van der Waals surface area (Å²) in [6.07, 6.45) is -3.58. The zero-order valence-corrected chi connectivity index (χ0v) is 12.2. The third-order valence-electron chi connectivity index (χ3n) is 2.60. The summed E-state index contributed by atoms with van der Waals surface area (Å²) in [6, 6.07) is 4.88. The van der Waals surface area contributed by atoms with Crippen LogP contribution in [0.5, 0.6) is 0 Å². The fourth-order valence-electron chi connectivity index (χ4n) is 1.60. The van der Waals surface area contributed by atoms with Crippen LogP contribution in [0.2, 0.25) is 0 Å². The van der Waals surface area contributed by atoms with Gasteiger partial charge in [-0.2, -0.15) is 13.2 Å². The molecule has 0 aliphatic carbocycles. The fourth-order valence-corrected chi connectivity index (χ4v) is 2.89. The zero-order valence-electron chi connectivity index (χ0n) is 10.6. The second-order valence-corrected chi connectivity index (χ2v) is 6.50. The maximum atomic E-state index is 12.7. The summed E-state index contributed by atoms with van der Waals surface area (Å²) < 4.78 is 63.6. The van der Waals surface area contributed by atoms with Crippen LogP contribution in [-0.4, -0.2) is 20.1 Å². The Morgan fingerprint density at radius 1 is 1.15 bits per heavy atom. The Hall–Kier alpha value is -0.790. The lowest BCUT2D eigenvalue weighted by Crippen LogP contribution is -2.27. The van der Waals surface area contributed by atoms with Gasteiger partial charge in [-0.1, -0.05) is 18.2 Å². The van der Waals surface area contributed by atoms with Gasteiger partial charge in [0.2, 0.25) is 10.0 Å². The molecule has 0 aliphatic heterocycles. The molecule has 1 aromatic carbocycles. The van der Waals surface area contributed by atoms with Crippen molar-refractivity contribution in [2.24, 2.45) is 0 Å². The number of sulfonamides is 1. The SMILES string of the molecule is O=S(=O)(CCCCCl)NCc1ccccc1C(F)(F)F. The van der Waals surface area contributed by atoms with Crippen molar-refractivity contribution in [3.05, 3.63) is 35.4 Å². The summed E-state index contributed by atoms with van der Waals surface area (Å²) in [7, 11) is -3.59. The van der Waals surface area contributed by atoms with E-state index < -0.39 is 21.8 Å². The highest BCUT2D eigenvalue weighted by molar-refractivity contribution is 7.89. The molecule has 0 saturated carbocycles. The summed E-state index contributed by atoms with van der Waals surface area (Å²) >= 11 is 5.43. The first-order chi connectivity index (χ1) is 9.26. The molecule has 0 fully saturated rings. The molecule has 0 aliphatic rings. The molecule has 20 heavy (non-hydrogen) atoms. The zero-order chi connectivity index (χ0) is 15.2. The first-order valence-corrected chi connectivity index (χ1v) is 8.13. The van der Waals surface area contributed by atoms with Gasteiger partial charge in [0.15, 0.2) is 0 Å². The van der Waals surface area contributed by atoms with E-state index in [1.165, 1.54) is 18.2 Å². The van der Waals surface area contributed by atoms with Gasteiger partial charge in [-0.15, -0.1) is 11.6 Å². The summed E-state index contributed by atoms with van der Waals surface area (Å²) in [4.78, 5) is 0. The third-order valence-corrected chi connectivity index (χ3v) is 4.28. The Bertz CT molecular complexity index is 532. The van der Waals surface area contributed by atoms with Crippen molar-refractivity contribution < 1.29 is 21.6 Å². The molecule has 0 heterocycles. The Morgan fingerprint density at radius 2 is 1.80 bits per heavy atom. The minimum absolute atomic E-state index is 0.0964. The molecule has 0 radical (unpaired) electrons. The van der Waals surface area contributed by atoms with E-state index in [0.29, 0.717) is 18.7 Å². The second kappa shape index (κ2) is 7.28. The summed E-state index contributed by atoms with van der Waals surface area (Å²) in [5.41, 5.74) is -0.927. The molecular formula is C12H15ClF3NO2S. The van der Waals surface area contributed by atoms with Gasteiger partial charge in [0.1, 0.15) is 0 Å². The van der Waals surface area contributed by atoms with Crippen molar-refractivity contribution in [1.82, 2.24) is 4.72 Å². The number of nitrogens with one attached hydrogen (secondary N) is 1. The van der Waals surface area contributed by atoms with Crippen LogP contribution in [0.1, 0.15) is 24.0 Å². The van der Waals surface area contributed by atoms with Gasteiger partial charge >= 0.3 is 6.18 Å². The number of benzene rings is 1. The normalized spacial score (nSPS) is 12.6. The van der Waals surface area contributed by atoms with Crippen LogP contribution in [-0.2, 0) is 22.7 Å². The Labute approximate surface area is 121 Å². The molecule has 0 spiro atoms. The molecule has 0 atom stereocenters. The first-order valence-electron chi connectivity index (χ1n) is 5.94. The van der Waals surface area contributed by atoms with Crippen LogP contribution < -0.4 is 4.72 Å². The van der Waals surface area contributed by atoms with Gasteiger partial charge in [0.25, 0.3) is 0 Å². The molecule has 0 bridgehead atoms. The van der Waals surface area contributed by atoms with Crippen LogP contribution in [0, 0.1) is 0 Å². The molecule has 0 aromatic heterocycles. The smallest absolute Gasteiger partial charge is 0.212 e. The van der Waals surface area contributed by atoms with Crippen molar-refractivity contribution in [1.29, 1.82) is 0 Å². The van der Waals surface area contributed by atoms with Gasteiger partial charge in [-0.25, -0.2) is 13.1 Å². The van der Waals surface area contributed by atoms with Crippen molar-refractivity contribution in [3.8, 4) is 0 Å². The molecule has 114 valence electrons. The average Bonchev–Trinajstić information content (AvgIpc) is 2.36. The molecule has 3 nitrogen and oxygen atoms in total. The van der Waals surface area contributed by atoms with Crippen LogP contribution in [0.15, 0.2) is 24.3 Å². The molecule has 0 saturated heterocycles. The quantitative estimate of drug-likeness (QED) is 0.617. The topological polar surface area (TPSA) is 46.2 Å². The predicted octanol–water partition coefficient (Wildman–Crippen LogP) is 3.14. The van der Waals surface area contributed by atoms with Crippen molar-refractivity contribution >= 4 is 21.6 Å². The van der Waals surface area contributed by atoms with Gasteiger partial charge in [-0.05, 0) is 24.5 Å². The van der Waals surface area contributed by atoms with E-state index >= 15 is 0 Å². The molecule has 0 amide bonds. The van der Waals surface area contributed by atoms with E-state index in [4.69, 9.17) is 11.6 Å².